The van der Waals surface area contributed by atoms with Gasteiger partial charge in [0.2, 0.25) is 5.91 Å². The minimum atomic E-state index is 0.0853. The number of aromatic nitrogens is 1. The number of amides is 1. The number of fused-ring (bicyclic) bond motifs is 1. The third-order valence-electron chi connectivity index (χ3n) is 5.51. The number of hydrogen-bond donors (Lipinski definition) is 1. The smallest absolute Gasteiger partial charge is 0.224 e. The molecule has 1 saturated heterocycles. The average Bonchev–Trinajstić information content (AvgIpc) is 2.78. The lowest BCUT2D eigenvalue weighted by atomic mass is 10.1. The highest BCUT2D eigenvalue weighted by molar-refractivity contribution is 5.93. The fourth-order valence-electron chi connectivity index (χ4n) is 3.87. The fraction of sp³-hybridized carbons (Fsp3) is 0.333. The van der Waals surface area contributed by atoms with Crippen molar-refractivity contribution in [3.8, 4) is 0 Å². The van der Waals surface area contributed by atoms with Gasteiger partial charge in [0.25, 0.3) is 0 Å². The summed E-state index contributed by atoms with van der Waals surface area (Å²) in [5.74, 6) is 0.0853. The van der Waals surface area contributed by atoms with Crippen LogP contribution in [0, 0.1) is 0 Å². The molecule has 1 aromatic heterocycles. The van der Waals surface area contributed by atoms with Gasteiger partial charge in [0.1, 0.15) is 0 Å². The molecular formula is C24H28N4O. The zero-order chi connectivity index (χ0) is 19.9. The van der Waals surface area contributed by atoms with Crippen LogP contribution >= 0.6 is 0 Å². The van der Waals surface area contributed by atoms with Crippen molar-refractivity contribution in [1.82, 2.24) is 9.88 Å². The number of nitrogens with one attached hydrogen (secondary N) is 1. The Morgan fingerprint density at radius 3 is 2.59 bits per heavy atom. The van der Waals surface area contributed by atoms with Crippen LogP contribution in [0.3, 0.4) is 0 Å². The lowest BCUT2D eigenvalue weighted by molar-refractivity contribution is -0.116. The maximum Gasteiger partial charge on any atom is 0.224 e. The molecule has 0 spiro atoms. The van der Waals surface area contributed by atoms with Crippen molar-refractivity contribution in [2.45, 2.75) is 19.3 Å². The molecule has 1 N–H and O–H groups in total. The largest absolute Gasteiger partial charge is 0.369 e. The number of para-hydroxylation sites is 1. The second-order valence-corrected chi connectivity index (χ2v) is 7.58. The van der Waals surface area contributed by atoms with Crippen LogP contribution in [-0.2, 0) is 4.79 Å². The van der Waals surface area contributed by atoms with Crippen LogP contribution in [0.2, 0.25) is 0 Å². The Bertz CT molecular complexity index is 936. The van der Waals surface area contributed by atoms with E-state index in [1.807, 2.05) is 30.3 Å². The summed E-state index contributed by atoms with van der Waals surface area (Å²) in [4.78, 5) is 21.5. The Kier molecular flexibility index (Phi) is 6.37. The van der Waals surface area contributed by atoms with Crippen LogP contribution < -0.4 is 10.2 Å². The van der Waals surface area contributed by atoms with Crippen molar-refractivity contribution < 1.29 is 4.79 Å². The summed E-state index contributed by atoms with van der Waals surface area (Å²) in [6.45, 7) is 5.39. The number of benzene rings is 2. The number of piperazine rings is 1. The summed E-state index contributed by atoms with van der Waals surface area (Å²) in [5.41, 5.74) is 3.10. The van der Waals surface area contributed by atoms with Crippen LogP contribution in [0.15, 0.2) is 66.9 Å². The normalized spacial score (nSPS) is 14.8. The topological polar surface area (TPSA) is 48.5 Å². The predicted molar refractivity (Wildman–Crippen MR) is 119 cm³/mol. The Balaban J connectivity index is 1.15. The number of anilines is 2. The lowest BCUT2D eigenvalue weighted by Crippen LogP contribution is -2.46. The Labute approximate surface area is 172 Å². The first-order valence-corrected chi connectivity index (χ1v) is 10.4. The van der Waals surface area contributed by atoms with E-state index in [0.717, 1.165) is 62.2 Å². The maximum absolute atomic E-state index is 12.3. The van der Waals surface area contributed by atoms with Gasteiger partial charge in [-0.25, -0.2) is 0 Å². The van der Waals surface area contributed by atoms with Gasteiger partial charge in [-0.1, -0.05) is 24.3 Å². The summed E-state index contributed by atoms with van der Waals surface area (Å²) in [6.07, 6.45) is 4.32. The third-order valence-corrected chi connectivity index (χ3v) is 5.51. The fourth-order valence-corrected chi connectivity index (χ4v) is 3.87. The highest BCUT2D eigenvalue weighted by atomic mass is 16.1. The summed E-state index contributed by atoms with van der Waals surface area (Å²) in [7, 11) is 0. The summed E-state index contributed by atoms with van der Waals surface area (Å²) < 4.78 is 0. The number of unbranched alkanes of at least 4 members (excludes halogenated alkanes) is 1. The molecule has 3 aromatic rings. The molecule has 0 unspecified atom stereocenters. The first-order valence-electron chi connectivity index (χ1n) is 10.4. The summed E-state index contributed by atoms with van der Waals surface area (Å²) in [5, 5.41) is 4.05. The van der Waals surface area contributed by atoms with E-state index in [-0.39, 0.29) is 5.91 Å². The predicted octanol–water partition coefficient (Wildman–Crippen LogP) is 4.17. The minimum absolute atomic E-state index is 0.0853. The lowest BCUT2D eigenvalue weighted by Gasteiger charge is -2.36. The van der Waals surface area contributed by atoms with E-state index in [4.69, 9.17) is 0 Å². The molecule has 0 saturated carbocycles. The quantitative estimate of drug-likeness (QED) is 0.617. The monoisotopic (exact) mass is 388 g/mol. The van der Waals surface area contributed by atoms with Crippen molar-refractivity contribution in [1.29, 1.82) is 0 Å². The average molecular weight is 389 g/mol. The molecule has 4 rings (SSSR count). The van der Waals surface area contributed by atoms with Gasteiger partial charge in [-0.15, -0.1) is 0 Å². The van der Waals surface area contributed by atoms with Gasteiger partial charge < -0.3 is 10.2 Å². The molecule has 150 valence electrons. The van der Waals surface area contributed by atoms with E-state index in [1.54, 1.807) is 6.20 Å². The van der Waals surface area contributed by atoms with E-state index in [1.165, 1.54) is 5.69 Å². The molecule has 0 radical (unpaired) electrons. The molecule has 0 atom stereocenters. The number of carbonyl (C=O) groups is 1. The number of rotatable bonds is 7. The third kappa shape index (κ3) is 5.33. The Morgan fingerprint density at radius 2 is 1.76 bits per heavy atom. The molecule has 29 heavy (non-hydrogen) atoms. The van der Waals surface area contributed by atoms with E-state index in [0.29, 0.717) is 6.42 Å². The molecule has 0 aliphatic carbocycles. The SMILES string of the molecule is O=C(CCCCN1CCN(c2ccccc2)CC1)Nc1ccc2ncccc2c1. The van der Waals surface area contributed by atoms with Crippen LogP contribution in [0.1, 0.15) is 19.3 Å². The minimum Gasteiger partial charge on any atom is -0.369 e. The van der Waals surface area contributed by atoms with Gasteiger partial charge in [-0.05, 0) is 55.8 Å². The van der Waals surface area contributed by atoms with Crippen molar-refractivity contribution in [2.75, 3.05) is 42.9 Å². The van der Waals surface area contributed by atoms with Crippen LogP contribution in [0.4, 0.5) is 11.4 Å². The molecule has 1 aliphatic rings. The van der Waals surface area contributed by atoms with Gasteiger partial charge in [-0.3, -0.25) is 14.7 Å². The molecule has 2 aromatic carbocycles. The first-order chi connectivity index (χ1) is 14.3. The van der Waals surface area contributed by atoms with Gasteiger partial charge in [0.05, 0.1) is 5.52 Å². The zero-order valence-corrected chi connectivity index (χ0v) is 16.8. The number of carbonyl (C=O) groups excluding carboxylic acids is 1. The highest BCUT2D eigenvalue weighted by Crippen LogP contribution is 2.18. The van der Waals surface area contributed by atoms with E-state index in [9.17, 15) is 4.79 Å². The van der Waals surface area contributed by atoms with Crippen LogP contribution in [0.25, 0.3) is 10.9 Å². The molecule has 0 bridgehead atoms. The second kappa shape index (κ2) is 9.52. The first kappa shape index (κ1) is 19.4. The summed E-state index contributed by atoms with van der Waals surface area (Å²) >= 11 is 0. The standard InChI is InChI=1S/C24H28N4O/c29-24(26-21-11-12-23-20(19-21)7-6-13-25-23)10-4-5-14-27-15-17-28(18-16-27)22-8-2-1-3-9-22/h1-3,6-9,11-13,19H,4-5,10,14-18H2,(H,26,29). The molecule has 5 nitrogen and oxygen atoms in total. The van der Waals surface area contributed by atoms with Crippen LogP contribution in [0.5, 0.6) is 0 Å². The van der Waals surface area contributed by atoms with Crippen molar-refractivity contribution >= 4 is 28.2 Å². The molecular weight excluding hydrogens is 360 g/mol. The van der Waals surface area contributed by atoms with Crippen LogP contribution in [-0.4, -0.2) is 48.5 Å². The number of hydrogen-bond acceptors (Lipinski definition) is 4. The van der Waals surface area contributed by atoms with Gasteiger partial charge >= 0.3 is 0 Å². The zero-order valence-electron chi connectivity index (χ0n) is 16.8. The Morgan fingerprint density at radius 1 is 0.931 bits per heavy atom. The Hall–Kier alpha value is -2.92. The number of pyridine rings is 1. The highest BCUT2D eigenvalue weighted by Gasteiger charge is 2.16. The summed E-state index contributed by atoms with van der Waals surface area (Å²) in [6, 6.07) is 20.4. The molecule has 5 heteroatoms. The van der Waals surface area contributed by atoms with Crippen molar-refractivity contribution in [3.63, 3.8) is 0 Å². The van der Waals surface area contributed by atoms with Crippen molar-refractivity contribution in [2.24, 2.45) is 0 Å². The van der Waals surface area contributed by atoms with Gasteiger partial charge in [-0.2, -0.15) is 0 Å². The van der Waals surface area contributed by atoms with Gasteiger partial charge in [0, 0.05) is 55.6 Å². The van der Waals surface area contributed by atoms with Crippen molar-refractivity contribution in [3.05, 3.63) is 66.9 Å². The van der Waals surface area contributed by atoms with E-state index in [2.05, 4.69) is 50.4 Å². The number of nitrogens with zero attached hydrogens (tertiary/aromatic N) is 3. The molecule has 1 aliphatic heterocycles. The molecule has 1 fully saturated rings. The molecule has 1 amide bonds. The maximum atomic E-state index is 12.3. The second-order valence-electron chi connectivity index (χ2n) is 7.58. The van der Waals surface area contributed by atoms with E-state index < -0.39 is 0 Å². The van der Waals surface area contributed by atoms with E-state index >= 15 is 0 Å². The molecule has 2 heterocycles. The van der Waals surface area contributed by atoms with Gasteiger partial charge in [0.15, 0.2) is 0 Å².